The van der Waals surface area contributed by atoms with Gasteiger partial charge in [-0.2, -0.15) is 0 Å². The van der Waals surface area contributed by atoms with Gasteiger partial charge in [0.25, 0.3) is 0 Å². The summed E-state index contributed by atoms with van der Waals surface area (Å²) in [5.41, 5.74) is 4.76. The van der Waals surface area contributed by atoms with Crippen molar-refractivity contribution in [2.45, 2.75) is 52.9 Å². The summed E-state index contributed by atoms with van der Waals surface area (Å²) in [7, 11) is 0. The van der Waals surface area contributed by atoms with Gasteiger partial charge in [-0.1, -0.05) is 17.7 Å². The first-order valence-corrected chi connectivity index (χ1v) is 7.08. The standard InChI is InChI=1S/C17H22O2/c1-11-7-12(2)16(13(3)8-11)10-17(19)14-5-4-6-15(18)9-14/h7-8,14H,4-6,9-10H2,1-3H3. The second-order valence-corrected chi connectivity index (χ2v) is 5.85. The molecule has 1 fully saturated rings. The predicted molar refractivity (Wildman–Crippen MR) is 76.3 cm³/mol. The Hall–Kier alpha value is -1.44. The summed E-state index contributed by atoms with van der Waals surface area (Å²) in [6, 6.07) is 4.25. The molecule has 1 aliphatic rings. The molecule has 1 saturated carbocycles. The molecule has 1 unspecified atom stereocenters. The highest BCUT2D eigenvalue weighted by molar-refractivity contribution is 5.90. The third kappa shape index (κ3) is 3.31. The molecule has 0 aromatic heterocycles. The topological polar surface area (TPSA) is 34.1 Å². The lowest BCUT2D eigenvalue weighted by atomic mass is 9.82. The minimum atomic E-state index is -0.0404. The van der Waals surface area contributed by atoms with E-state index in [9.17, 15) is 9.59 Å². The molecule has 1 atom stereocenters. The molecule has 1 aliphatic carbocycles. The number of hydrogen-bond donors (Lipinski definition) is 0. The van der Waals surface area contributed by atoms with Crippen molar-refractivity contribution in [3.63, 3.8) is 0 Å². The average molecular weight is 258 g/mol. The zero-order chi connectivity index (χ0) is 14.0. The van der Waals surface area contributed by atoms with E-state index in [1.54, 1.807) is 0 Å². The first kappa shape index (κ1) is 14.0. The summed E-state index contributed by atoms with van der Waals surface area (Å²) < 4.78 is 0. The zero-order valence-electron chi connectivity index (χ0n) is 12.1. The van der Waals surface area contributed by atoms with Crippen LogP contribution >= 0.6 is 0 Å². The fraction of sp³-hybridized carbons (Fsp3) is 0.529. The van der Waals surface area contributed by atoms with Gasteiger partial charge in [-0.15, -0.1) is 0 Å². The molecule has 1 aromatic carbocycles. The largest absolute Gasteiger partial charge is 0.300 e. The summed E-state index contributed by atoms with van der Waals surface area (Å²) >= 11 is 0. The number of carbonyl (C=O) groups excluding carboxylic acids is 2. The quantitative estimate of drug-likeness (QED) is 0.831. The van der Waals surface area contributed by atoms with Gasteiger partial charge in [0.2, 0.25) is 0 Å². The molecule has 2 nitrogen and oxygen atoms in total. The lowest BCUT2D eigenvalue weighted by Gasteiger charge is -2.20. The summed E-state index contributed by atoms with van der Waals surface area (Å²) in [6.07, 6.45) is 3.36. The Morgan fingerprint density at radius 3 is 2.42 bits per heavy atom. The third-order valence-electron chi connectivity index (χ3n) is 4.13. The van der Waals surface area contributed by atoms with Crippen molar-refractivity contribution in [3.8, 4) is 0 Å². The molecule has 19 heavy (non-hydrogen) atoms. The molecule has 0 N–H and O–H groups in total. The van der Waals surface area contributed by atoms with Gasteiger partial charge in [-0.3, -0.25) is 9.59 Å². The van der Waals surface area contributed by atoms with Gasteiger partial charge in [0.1, 0.15) is 11.6 Å². The number of hydrogen-bond acceptors (Lipinski definition) is 2. The van der Waals surface area contributed by atoms with Crippen molar-refractivity contribution in [1.29, 1.82) is 0 Å². The highest BCUT2D eigenvalue weighted by Gasteiger charge is 2.26. The summed E-state index contributed by atoms with van der Waals surface area (Å²) in [5, 5.41) is 0. The minimum absolute atomic E-state index is 0.0404. The monoisotopic (exact) mass is 258 g/mol. The van der Waals surface area contributed by atoms with Gasteiger partial charge in [-0.25, -0.2) is 0 Å². The fourth-order valence-electron chi connectivity index (χ4n) is 3.11. The molecule has 2 heteroatoms. The van der Waals surface area contributed by atoms with Crippen molar-refractivity contribution in [1.82, 2.24) is 0 Å². The second-order valence-electron chi connectivity index (χ2n) is 5.85. The van der Waals surface area contributed by atoms with E-state index in [2.05, 4.69) is 32.9 Å². The molecule has 1 aromatic rings. The smallest absolute Gasteiger partial charge is 0.140 e. The van der Waals surface area contributed by atoms with Crippen LogP contribution in [0.4, 0.5) is 0 Å². The number of rotatable bonds is 3. The van der Waals surface area contributed by atoms with Crippen LogP contribution < -0.4 is 0 Å². The number of ketones is 2. The van der Waals surface area contributed by atoms with E-state index in [-0.39, 0.29) is 17.5 Å². The van der Waals surface area contributed by atoms with Crippen molar-refractivity contribution in [2.24, 2.45) is 5.92 Å². The van der Waals surface area contributed by atoms with Gasteiger partial charge in [0.15, 0.2) is 0 Å². The van der Waals surface area contributed by atoms with Gasteiger partial charge in [-0.05, 0) is 50.3 Å². The molecule has 0 spiro atoms. The van der Waals surface area contributed by atoms with Crippen molar-refractivity contribution in [3.05, 3.63) is 34.4 Å². The van der Waals surface area contributed by atoms with Gasteiger partial charge >= 0.3 is 0 Å². The van der Waals surface area contributed by atoms with Crippen LogP contribution in [-0.2, 0) is 16.0 Å². The average Bonchev–Trinajstić information content (AvgIpc) is 2.33. The Morgan fingerprint density at radius 1 is 1.21 bits per heavy atom. The lowest BCUT2D eigenvalue weighted by molar-refractivity contribution is -0.129. The van der Waals surface area contributed by atoms with Crippen LogP contribution in [0.2, 0.25) is 0 Å². The maximum absolute atomic E-state index is 12.4. The van der Waals surface area contributed by atoms with E-state index in [1.807, 2.05) is 0 Å². The van der Waals surface area contributed by atoms with E-state index < -0.39 is 0 Å². The van der Waals surface area contributed by atoms with E-state index in [4.69, 9.17) is 0 Å². The molecular formula is C17H22O2. The molecular weight excluding hydrogens is 236 g/mol. The predicted octanol–water partition coefficient (Wildman–Crippen LogP) is 3.48. The van der Waals surface area contributed by atoms with Crippen LogP contribution in [0.1, 0.15) is 47.9 Å². The maximum Gasteiger partial charge on any atom is 0.140 e. The van der Waals surface area contributed by atoms with Crippen molar-refractivity contribution in [2.75, 3.05) is 0 Å². The Balaban J connectivity index is 2.13. The number of benzene rings is 1. The van der Waals surface area contributed by atoms with Crippen LogP contribution in [0.3, 0.4) is 0 Å². The van der Waals surface area contributed by atoms with E-state index in [0.717, 1.165) is 18.4 Å². The van der Waals surface area contributed by atoms with E-state index in [1.165, 1.54) is 16.7 Å². The van der Waals surface area contributed by atoms with E-state index >= 15 is 0 Å². The molecule has 2 rings (SSSR count). The molecule has 0 amide bonds. The second kappa shape index (κ2) is 5.68. The first-order valence-electron chi connectivity index (χ1n) is 7.08. The van der Waals surface area contributed by atoms with Crippen LogP contribution in [0, 0.1) is 26.7 Å². The molecule has 0 aliphatic heterocycles. The molecule has 102 valence electrons. The summed E-state index contributed by atoms with van der Waals surface area (Å²) in [5.74, 6) is 0.450. The SMILES string of the molecule is Cc1cc(C)c(CC(=O)C2CCCC(=O)C2)c(C)c1. The Bertz CT molecular complexity index is 491. The van der Waals surface area contributed by atoms with Gasteiger partial charge in [0.05, 0.1) is 0 Å². The van der Waals surface area contributed by atoms with Gasteiger partial charge < -0.3 is 0 Å². The van der Waals surface area contributed by atoms with Crippen LogP contribution in [0.5, 0.6) is 0 Å². The first-order chi connectivity index (χ1) is 8.97. The molecule has 0 saturated heterocycles. The highest BCUT2D eigenvalue weighted by Crippen LogP contribution is 2.25. The minimum Gasteiger partial charge on any atom is -0.300 e. The van der Waals surface area contributed by atoms with Crippen molar-refractivity contribution >= 4 is 11.6 Å². The van der Waals surface area contributed by atoms with Gasteiger partial charge in [0, 0.05) is 25.2 Å². The van der Waals surface area contributed by atoms with Crippen molar-refractivity contribution < 1.29 is 9.59 Å². The van der Waals surface area contributed by atoms with E-state index in [0.29, 0.717) is 19.3 Å². The highest BCUT2D eigenvalue weighted by atomic mass is 16.1. The van der Waals surface area contributed by atoms with Crippen LogP contribution in [0.25, 0.3) is 0 Å². The normalized spacial score (nSPS) is 19.5. The number of Topliss-reactive ketones (excluding diaryl/α,β-unsaturated/α-hetero) is 2. The maximum atomic E-state index is 12.4. The molecule has 0 heterocycles. The lowest BCUT2D eigenvalue weighted by Crippen LogP contribution is -2.24. The Morgan fingerprint density at radius 2 is 1.84 bits per heavy atom. The number of aryl methyl sites for hydroxylation is 3. The molecule has 0 radical (unpaired) electrons. The fourth-order valence-corrected chi connectivity index (χ4v) is 3.11. The third-order valence-corrected chi connectivity index (χ3v) is 4.13. The Labute approximate surface area is 115 Å². The zero-order valence-corrected chi connectivity index (χ0v) is 12.1. The number of carbonyl (C=O) groups is 2. The summed E-state index contributed by atoms with van der Waals surface area (Å²) in [6.45, 7) is 6.20. The van der Waals surface area contributed by atoms with Crippen LogP contribution in [-0.4, -0.2) is 11.6 Å². The summed E-state index contributed by atoms with van der Waals surface area (Å²) in [4.78, 5) is 23.8. The molecule has 0 bridgehead atoms. The Kier molecular flexibility index (Phi) is 4.18. The van der Waals surface area contributed by atoms with Crippen LogP contribution in [0.15, 0.2) is 12.1 Å².